The quantitative estimate of drug-likeness (QED) is 0.771. The molecule has 0 amide bonds. The Morgan fingerprint density at radius 2 is 2.35 bits per heavy atom. The summed E-state index contributed by atoms with van der Waals surface area (Å²) in [5.74, 6) is 0.865. The van der Waals surface area contributed by atoms with Crippen molar-refractivity contribution in [2.75, 3.05) is 5.32 Å². The van der Waals surface area contributed by atoms with Crippen LogP contribution in [0.4, 0.5) is 5.95 Å². The second-order valence-corrected chi connectivity index (χ2v) is 3.97. The van der Waals surface area contributed by atoms with E-state index in [1.54, 1.807) is 12.4 Å². The summed E-state index contributed by atoms with van der Waals surface area (Å²) in [4.78, 5) is 4.28. The Bertz CT molecular complexity index is 457. The molecule has 5 nitrogen and oxygen atoms in total. The Balaban J connectivity index is 1.95. The van der Waals surface area contributed by atoms with Crippen LogP contribution in [0.25, 0.3) is 0 Å². The topological polar surface area (TPSA) is 47.7 Å². The van der Waals surface area contributed by atoms with E-state index in [-0.39, 0.29) is 6.04 Å². The number of allylic oxidation sites excluding steroid dienone is 1. The fourth-order valence-corrected chi connectivity index (χ4v) is 1.69. The Kier molecular flexibility index (Phi) is 3.59. The molecule has 0 aromatic carbocycles. The van der Waals surface area contributed by atoms with Gasteiger partial charge in [-0.15, -0.1) is 6.58 Å². The number of nitrogens with one attached hydrogen (secondary N) is 1. The highest BCUT2D eigenvalue weighted by Crippen LogP contribution is 2.07. The van der Waals surface area contributed by atoms with Crippen LogP contribution in [-0.4, -0.2) is 25.4 Å². The van der Waals surface area contributed by atoms with Gasteiger partial charge in [-0.2, -0.15) is 5.10 Å². The minimum Gasteiger partial charge on any atom is -0.351 e. The Morgan fingerprint density at radius 3 is 3.06 bits per heavy atom. The molecule has 0 radical (unpaired) electrons. The van der Waals surface area contributed by atoms with E-state index in [0.717, 1.165) is 19.0 Å². The minimum atomic E-state index is 0.265. The van der Waals surface area contributed by atoms with E-state index in [2.05, 4.69) is 28.9 Å². The first kappa shape index (κ1) is 11.4. The monoisotopic (exact) mass is 231 g/mol. The lowest BCUT2D eigenvalue weighted by Gasteiger charge is -2.15. The average molecular weight is 231 g/mol. The first-order chi connectivity index (χ1) is 8.29. The molecule has 1 atom stereocenters. The van der Waals surface area contributed by atoms with Crippen LogP contribution in [0, 0.1) is 0 Å². The molecule has 0 fully saturated rings. The number of rotatable bonds is 6. The van der Waals surface area contributed by atoms with Gasteiger partial charge in [0.15, 0.2) is 0 Å². The fraction of sp³-hybridized carbons (Fsp3) is 0.333. The van der Waals surface area contributed by atoms with Gasteiger partial charge in [-0.25, -0.2) is 4.98 Å². The lowest BCUT2D eigenvalue weighted by molar-refractivity contribution is 0.556. The summed E-state index contributed by atoms with van der Waals surface area (Å²) in [6, 6.07) is 2.19. The summed E-state index contributed by atoms with van der Waals surface area (Å²) in [6.07, 6.45) is 9.31. The van der Waals surface area contributed by atoms with Gasteiger partial charge >= 0.3 is 0 Å². The summed E-state index contributed by atoms with van der Waals surface area (Å²) >= 11 is 0. The highest BCUT2D eigenvalue weighted by Gasteiger charge is 2.07. The molecular weight excluding hydrogens is 214 g/mol. The number of hydrogen-bond donors (Lipinski definition) is 1. The summed E-state index contributed by atoms with van der Waals surface area (Å²) in [6.45, 7) is 7.41. The van der Waals surface area contributed by atoms with Gasteiger partial charge in [-0.1, -0.05) is 6.08 Å². The maximum absolute atomic E-state index is 4.28. The Morgan fingerprint density at radius 1 is 1.47 bits per heavy atom. The predicted molar refractivity (Wildman–Crippen MR) is 67.7 cm³/mol. The van der Waals surface area contributed by atoms with Crippen molar-refractivity contribution >= 4 is 5.95 Å². The summed E-state index contributed by atoms with van der Waals surface area (Å²) < 4.78 is 3.92. The average Bonchev–Trinajstić information content (AvgIpc) is 2.92. The maximum atomic E-state index is 4.28. The molecule has 1 N–H and O–H groups in total. The standard InChI is InChI=1S/C12H17N5/c1-3-7-16-9-6-13-12(16)15-11(2)10-17-8-4-5-14-17/h3-6,8-9,11H,1,7,10H2,2H3,(H,13,15). The molecule has 5 heteroatoms. The van der Waals surface area contributed by atoms with Crippen LogP contribution in [0.15, 0.2) is 43.5 Å². The largest absolute Gasteiger partial charge is 0.351 e. The molecule has 2 heterocycles. The van der Waals surface area contributed by atoms with Gasteiger partial charge in [0.05, 0.1) is 6.54 Å². The Labute approximate surface area is 101 Å². The van der Waals surface area contributed by atoms with E-state index < -0.39 is 0 Å². The van der Waals surface area contributed by atoms with Crippen molar-refractivity contribution in [2.24, 2.45) is 0 Å². The van der Waals surface area contributed by atoms with Crippen molar-refractivity contribution in [3.05, 3.63) is 43.5 Å². The lowest BCUT2D eigenvalue weighted by atomic mass is 10.3. The molecular formula is C12H17N5. The van der Waals surface area contributed by atoms with Crippen molar-refractivity contribution in [2.45, 2.75) is 26.1 Å². The van der Waals surface area contributed by atoms with Crippen molar-refractivity contribution < 1.29 is 0 Å². The van der Waals surface area contributed by atoms with Crippen LogP contribution in [0.1, 0.15) is 6.92 Å². The highest BCUT2D eigenvalue weighted by atomic mass is 15.3. The molecule has 2 aromatic heterocycles. The molecule has 0 saturated carbocycles. The van der Waals surface area contributed by atoms with E-state index in [9.17, 15) is 0 Å². The van der Waals surface area contributed by atoms with Gasteiger partial charge < -0.3 is 9.88 Å². The number of aromatic nitrogens is 4. The summed E-state index contributed by atoms with van der Waals surface area (Å²) in [7, 11) is 0. The zero-order valence-corrected chi connectivity index (χ0v) is 9.95. The number of imidazole rings is 1. The second kappa shape index (κ2) is 5.34. The molecule has 90 valence electrons. The van der Waals surface area contributed by atoms with E-state index in [0.29, 0.717) is 0 Å². The molecule has 0 aliphatic heterocycles. The summed E-state index contributed by atoms with van der Waals surface area (Å²) in [5, 5.41) is 7.53. The molecule has 2 aromatic rings. The minimum absolute atomic E-state index is 0.265. The van der Waals surface area contributed by atoms with Gasteiger partial charge in [0.2, 0.25) is 5.95 Å². The third kappa shape index (κ3) is 2.96. The predicted octanol–water partition coefficient (Wildman–Crippen LogP) is 1.77. The van der Waals surface area contributed by atoms with Gasteiger partial charge in [0, 0.05) is 37.4 Å². The van der Waals surface area contributed by atoms with Crippen LogP contribution in [0.5, 0.6) is 0 Å². The molecule has 0 saturated heterocycles. The first-order valence-electron chi connectivity index (χ1n) is 5.65. The van der Waals surface area contributed by atoms with Gasteiger partial charge in [0.25, 0.3) is 0 Å². The van der Waals surface area contributed by atoms with Crippen LogP contribution < -0.4 is 5.32 Å². The normalized spacial score (nSPS) is 12.3. The van der Waals surface area contributed by atoms with Crippen molar-refractivity contribution in [1.82, 2.24) is 19.3 Å². The van der Waals surface area contributed by atoms with E-state index >= 15 is 0 Å². The van der Waals surface area contributed by atoms with Gasteiger partial charge in [-0.3, -0.25) is 4.68 Å². The van der Waals surface area contributed by atoms with Crippen LogP contribution in [0.3, 0.4) is 0 Å². The molecule has 0 aliphatic carbocycles. The number of anilines is 1. The van der Waals surface area contributed by atoms with Gasteiger partial charge in [-0.05, 0) is 13.0 Å². The zero-order valence-electron chi connectivity index (χ0n) is 9.95. The number of hydrogen-bond acceptors (Lipinski definition) is 3. The molecule has 0 aliphatic rings. The second-order valence-electron chi connectivity index (χ2n) is 3.97. The SMILES string of the molecule is C=CCn1ccnc1NC(C)Cn1cccn1. The van der Waals surface area contributed by atoms with Crippen LogP contribution >= 0.6 is 0 Å². The fourth-order valence-electron chi connectivity index (χ4n) is 1.69. The zero-order chi connectivity index (χ0) is 12.1. The molecule has 0 bridgehead atoms. The smallest absolute Gasteiger partial charge is 0.203 e. The molecule has 2 rings (SSSR count). The Hall–Kier alpha value is -2.04. The first-order valence-corrected chi connectivity index (χ1v) is 5.65. The molecule has 0 spiro atoms. The van der Waals surface area contributed by atoms with Gasteiger partial charge in [0.1, 0.15) is 0 Å². The third-order valence-electron chi connectivity index (χ3n) is 2.44. The van der Waals surface area contributed by atoms with E-state index in [1.807, 2.05) is 33.8 Å². The maximum Gasteiger partial charge on any atom is 0.203 e. The number of nitrogens with zero attached hydrogens (tertiary/aromatic N) is 4. The van der Waals surface area contributed by atoms with Crippen molar-refractivity contribution in [3.63, 3.8) is 0 Å². The van der Waals surface area contributed by atoms with E-state index in [4.69, 9.17) is 0 Å². The van der Waals surface area contributed by atoms with Crippen LogP contribution in [-0.2, 0) is 13.1 Å². The summed E-state index contributed by atoms with van der Waals surface area (Å²) in [5.41, 5.74) is 0. The highest BCUT2D eigenvalue weighted by molar-refractivity contribution is 5.27. The van der Waals surface area contributed by atoms with Crippen LogP contribution in [0.2, 0.25) is 0 Å². The molecule has 1 unspecified atom stereocenters. The van der Waals surface area contributed by atoms with E-state index in [1.165, 1.54) is 0 Å². The molecule has 17 heavy (non-hydrogen) atoms. The lowest BCUT2D eigenvalue weighted by Crippen LogP contribution is -2.24. The van der Waals surface area contributed by atoms with Crippen molar-refractivity contribution in [3.8, 4) is 0 Å². The van der Waals surface area contributed by atoms with Crippen molar-refractivity contribution in [1.29, 1.82) is 0 Å². The third-order valence-corrected chi connectivity index (χ3v) is 2.44.